The normalized spacial score (nSPS) is 19.6. The van der Waals surface area contributed by atoms with Gasteiger partial charge in [-0.2, -0.15) is 5.26 Å². The summed E-state index contributed by atoms with van der Waals surface area (Å²) in [5.74, 6) is -0.592. The van der Waals surface area contributed by atoms with Crippen LogP contribution < -0.4 is 5.32 Å². The Kier molecular flexibility index (Phi) is 5.99. The van der Waals surface area contributed by atoms with E-state index in [4.69, 9.17) is 5.26 Å². The summed E-state index contributed by atoms with van der Waals surface area (Å²) in [6.07, 6.45) is 4.04. The summed E-state index contributed by atoms with van der Waals surface area (Å²) in [7, 11) is 0. The highest BCUT2D eigenvalue weighted by atomic mass is 16.1. The summed E-state index contributed by atoms with van der Waals surface area (Å²) in [5.41, 5.74) is 0. The van der Waals surface area contributed by atoms with Crippen LogP contribution in [0.5, 0.6) is 0 Å². The Morgan fingerprint density at radius 3 is 2.65 bits per heavy atom. The van der Waals surface area contributed by atoms with Gasteiger partial charge in [0.2, 0.25) is 5.91 Å². The molecular weight excluding hydrogens is 214 g/mol. The number of hydrogen-bond donors (Lipinski definition) is 1. The lowest BCUT2D eigenvalue weighted by Gasteiger charge is -2.24. The van der Waals surface area contributed by atoms with Crippen molar-refractivity contribution in [2.24, 2.45) is 5.92 Å². The van der Waals surface area contributed by atoms with Crippen LogP contribution >= 0.6 is 0 Å². The molecule has 17 heavy (non-hydrogen) atoms. The molecule has 1 amide bonds. The Morgan fingerprint density at radius 2 is 2.12 bits per heavy atom. The molecule has 1 fully saturated rings. The van der Waals surface area contributed by atoms with Crippen LogP contribution in [0.1, 0.15) is 39.5 Å². The number of nitriles is 1. The fraction of sp³-hybridized carbons (Fsp3) is 0.846. The van der Waals surface area contributed by atoms with Crippen LogP contribution in [0, 0.1) is 17.2 Å². The maximum absolute atomic E-state index is 11.7. The molecule has 1 rings (SSSR count). The zero-order valence-corrected chi connectivity index (χ0v) is 10.9. The number of amides is 1. The van der Waals surface area contributed by atoms with Crippen LogP contribution in [0.15, 0.2) is 0 Å². The average molecular weight is 237 g/mol. The minimum absolute atomic E-state index is 0.111. The van der Waals surface area contributed by atoms with Crippen molar-refractivity contribution < 1.29 is 4.79 Å². The molecule has 4 heteroatoms. The van der Waals surface area contributed by atoms with Crippen molar-refractivity contribution in [3.63, 3.8) is 0 Å². The molecule has 1 aliphatic heterocycles. The van der Waals surface area contributed by atoms with E-state index in [0.717, 1.165) is 19.5 Å². The molecule has 96 valence electrons. The van der Waals surface area contributed by atoms with E-state index < -0.39 is 5.92 Å². The third-order valence-electron chi connectivity index (χ3n) is 3.39. The molecule has 0 saturated carbocycles. The van der Waals surface area contributed by atoms with Gasteiger partial charge in [0.25, 0.3) is 0 Å². The van der Waals surface area contributed by atoms with Crippen molar-refractivity contribution >= 4 is 5.91 Å². The smallest absolute Gasteiger partial charge is 0.237 e. The van der Waals surface area contributed by atoms with Gasteiger partial charge < -0.3 is 5.32 Å². The highest BCUT2D eigenvalue weighted by molar-refractivity contribution is 5.80. The first-order chi connectivity index (χ1) is 8.19. The highest BCUT2D eigenvalue weighted by Crippen LogP contribution is 2.11. The molecule has 0 aromatic rings. The summed E-state index contributed by atoms with van der Waals surface area (Å²) in [6.45, 7) is 7.04. The Hall–Kier alpha value is -1.08. The summed E-state index contributed by atoms with van der Waals surface area (Å²) >= 11 is 0. The van der Waals surface area contributed by atoms with Crippen molar-refractivity contribution in [2.75, 3.05) is 19.6 Å². The van der Waals surface area contributed by atoms with E-state index in [1.165, 1.54) is 12.8 Å². The van der Waals surface area contributed by atoms with Crippen LogP contribution in [-0.4, -0.2) is 36.5 Å². The average Bonchev–Trinajstić information content (AvgIpc) is 2.86. The number of nitrogens with one attached hydrogen (secondary N) is 1. The number of rotatable bonds is 6. The van der Waals surface area contributed by atoms with Crippen molar-refractivity contribution in [3.8, 4) is 6.07 Å². The molecule has 1 heterocycles. The first kappa shape index (κ1) is 14.0. The zero-order valence-electron chi connectivity index (χ0n) is 10.9. The molecule has 0 aromatic heterocycles. The lowest BCUT2D eigenvalue weighted by molar-refractivity contribution is -0.123. The standard InChI is InChI=1S/C13H23N3O/c1-3-6-12(9-14)13(17)15-10-11(2)16-7-4-5-8-16/h11-12H,3-8,10H2,1-2H3,(H,15,17). The topological polar surface area (TPSA) is 56.1 Å². The Bertz CT molecular complexity index is 279. The van der Waals surface area contributed by atoms with Gasteiger partial charge in [0.1, 0.15) is 5.92 Å². The van der Waals surface area contributed by atoms with E-state index in [1.54, 1.807) is 0 Å². The monoisotopic (exact) mass is 237 g/mol. The van der Waals surface area contributed by atoms with Gasteiger partial charge in [-0.3, -0.25) is 9.69 Å². The molecule has 1 saturated heterocycles. The van der Waals surface area contributed by atoms with E-state index in [2.05, 4.69) is 23.2 Å². The van der Waals surface area contributed by atoms with Gasteiger partial charge in [-0.1, -0.05) is 13.3 Å². The van der Waals surface area contributed by atoms with Gasteiger partial charge in [0.15, 0.2) is 0 Å². The van der Waals surface area contributed by atoms with Gasteiger partial charge in [-0.05, 0) is 39.3 Å². The predicted octanol–water partition coefficient (Wildman–Crippen LogP) is 1.53. The summed E-state index contributed by atoms with van der Waals surface area (Å²) in [4.78, 5) is 14.1. The third kappa shape index (κ3) is 4.35. The second kappa shape index (κ2) is 7.29. The van der Waals surface area contributed by atoms with Crippen molar-refractivity contribution in [1.82, 2.24) is 10.2 Å². The second-order valence-corrected chi connectivity index (χ2v) is 4.81. The largest absolute Gasteiger partial charge is 0.353 e. The van der Waals surface area contributed by atoms with Crippen molar-refractivity contribution in [2.45, 2.75) is 45.6 Å². The second-order valence-electron chi connectivity index (χ2n) is 4.81. The number of carbonyl (C=O) groups excluding carboxylic acids is 1. The van der Waals surface area contributed by atoms with Crippen molar-refractivity contribution in [1.29, 1.82) is 5.26 Å². The van der Waals surface area contributed by atoms with E-state index in [1.807, 2.05) is 6.92 Å². The quantitative estimate of drug-likeness (QED) is 0.762. The maximum atomic E-state index is 11.7. The Morgan fingerprint density at radius 1 is 1.47 bits per heavy atom. The minimum atomic E-state index is -0.481. The molecule has 2 atom stereocenters. The Balaban J connectivity index is 2.29. The fourth-order valence-corrected chi connectivity index (χ4v) is 2.23. The summed E-state index contributed by atoms with van der Waals surface area (Å²) < 4.78 is 0. The van der Waals surface area contributed by atoms with Crippen LogP contribution in [0.4, 0.5) is 0 Å². The van der Waals surface area contributed by atoms with Crippen LogP contribution in [-0.2, 0) is 4.79 Å². The van der Waals surface area contributed by atoms with Crippen molar-refractivity contribution in [3.05, 3.63) is 0 Å². The number of carbonyl (C=O) groups is 1. The van der Waals surface area contributed by atoms with E-state index in [-0.39, 0.29) is 5.91 Å². The fourth-order valence-electron chi connectivity index (χ4n) is 2.23. The molecule has 2 unspecified atom stereocenters. The summed E-state index contributed by atoms with van der Waals surface area (Å²) in [5, 5.41) is 11.8. The van der Waals surface area contributed by atoms with Gasteiger partial charge in [0.05, 0.1) is 6.07 Å². The van der Waals surface area contributed by atoms with Gasteiger partial charge in [-0.25, -0.2) is 0 Å². The Labute approximate surface area is 104 Å². The lowest BCUT2D eigenvalue weighted by Crippen LogP contribution is -2.42. The molecule has 0 aromatic carbocycles. The number of hydrogen-bond acceptors (Lipinski definition) is 3. The van der Waals surface area contributed by atoms with Crippen LogP contribution in [0.3, 0.4) is 0 Å². The molecule has 1 aliphatic rings. The maximum Gasteiger partial charge on any atom is 0.237 e. The molecule has 0 aliphatic carbocycles. The van der Waals surface area contributed by atoms with E-state index >= 15 is 0 Å². The first-order valence-electron chi connectivity index (χ1n) is 6.60. The molecule has 0 radical (unpaired) electrons. The SMILES string of the molecule is CCCC(C#N)C(=O)NCC(C)N1CCCC1. The molecule has 1 N–H and O–H groups in total. The van der Waals surface area contributed by atoms with Crippen LogP contribution in [0.2, 0.25) is 0 Å². The summed E-state index contributed by atoms with van der Waals surface area (Å²) in [6, 6.07) is 2.45. The van der Waals surface area contributed by atoms with Gasteiger partial charge in [-0.15, -0.1) is 0 Å². The number of nitrogens with zero attached hydrogens (tertiary/aromatic N) is 2. The molecular formula is C13H23N3O. The minimum Gasteiger partial charge on any atom is -0.353 e. The lowest BCUT2D eigenvalue weighted by atomic mass is 10.0. The van der Waals surface area contributed by atoms with Gasteiger partial charge in [0, 0.05) is 12.6 Å². The number of likely N-dealkylation sites (tertiary alicyclic amines) is 1. The molecule has 0 bridgehead atoms. The van der Waals surface area contributed by atoms with Gasteiger partial charge >= 0.3 is 0 Å². The highest BCUT2D eigenvalue weighted by Gasteiger charge is 2.21. The van der Waals surface area contributed by atoms with E-state index in [0.29, 0.717) is 19.0 Å². The molecule has 4 nitrogen and oxygen atoms in total. The predicted molar refractivity (Wildman–Crippen MR) is 67.3 cm³/mol. The van der Waals surface area contributed by atoms with E-state index in [9.17, 15) is 4.79 Å². The first-order valence-corrected chi connectivity index (χ1v) is 6.60. The molecule has 0 spiro atoms. The zero-order chi connectivity index (χ0) is 12.7. The van der Waals surface area contributed by atoms with Crippen LogP contribution in [0.25, 0.3) is 0 Å². The third-order valence-corrected chi connectivity index (χ3v) is 3.39.